The number of halogens is 3. The van der Waals surface area contributed by atoms with Crippen molar-refractivity contribution in [2.24, 2.45) is 0 Å². The summed E-state index contributed by atoms with van der Waals surface area (Å²) in [4.78, 5) is 16.9. The second-order valence-electron chi connectivity index (χ2n) is 4.83. The van der Waals surface area contributed by atoms with Crippen LogP contribution in [0.3, 0.4) is 0 Å². The van der Waals surface area contributed by atoms with Crippen LogP contribution in [0.25, 0.3) is 4.96 Å². The van der Waals surface area contributed by atoms with E-state index in [2.05, 4.69) is 25.9 Å². The van der Waals surface area contributed by atoms with Gasteiger partial charge in [0.25, 0.3) is 0 Å². The van der Waals surface area contributed by atoms with Crippen LogP contribution in [0.2, 0.25) is 0 Å². The number of hydrogen-bond acceptors (Lipinski definition) is 5. The van der Waals surface area contributed by atoms with Gasteiger partial charge < -0.3 is 10.1 Å². The van der Waals surface area contributed by atoms with Crippen molar-refractivity contribution in [1.82, 2.24) is 20.1 Å². The number of carbonyl (C=O) groups excluding carboxylic acids is 1. The fourth-order valence-electron chi connectivity index (χ4n) is 1.95. The van der Waals surface area contributed by atoms with Crippen molar-refractivity contribution in [2.75, 3.05) is 5.43 Å². The number of thiazole rings is 1. The molecule has 0 bridgehead atoms. The van der Waals surface area contributed by atoms with Crippen molar-refractivity contribution in [3.63, 3.8) is 0 Å². The summed E-state index contributed by atoms with van der Waals surface area (Å²) in [6, 6.07) is 4.43. The molecule has 3 rings (SSSR count). The average molecular weight is 371 g/mol. The minimum absolute atomic E-state index is 0.236. The van der Waals surface area contributed by atoms with E-state index in [1.807, 2.05) is 16.0 Å². The first-order valence-electron chi connectivity index (χ1n) is 6.96. The zero-order valence-electron chi connectivity index (χ0n) is 12.5. The van der Waals surface area contributed by atoms with Gasteiger partial charge in [-0.05, 0) is 24.3 Å². The Morgan fingerprint density at radius 3 is 2.72 bits per heavy atom. The van der Waals surface area contributed by atoms with Crippen LogP contribution in [0.15, 0.2) is 42.0 Å². The molecule has 3 aromatic rings. The van der Waals surface area contributed by atoms with E-state index in [9.17, 15) is 18.0 Å². The lowest BCUT2D eigenvalue weighted by molar-refractivity contribution is -0.274. The van der Waals surface area contributed by atoms with Gasteiger partial charge in [-0.1, -0.05) is 0 Å². The highest BCUT2D eigenvalue weighted by atomic mass is 32.1. The molecule has 11 heteroatoms. The zero-order valence-corrected chi connectivity index (χ0v) is 13.3. The Morgan fingerprint density at radius 1 is 1.28 bits per heavy atom. The summed E-state index contributed by atoms with van der Waals surface area (Å²) < 4.78 is 41.8. The topological polar surface area (TPSA) is 79.7 Å². The largest absolute Gasteiger partial charge is 0.573 e. The van der Waals surface area contributed by atoms with E-state index in [1.165, 1.54) is 23.5 Å². The number of aromatic nitrogens is 2. The Kier molecular flexibility index (Phi) is 4.65. The zero-order chi connectivity index (χ0) is 17.9. The van der Waals surface area contributed by atoms with Crippen molar-refractivity contribution in [3.05, 3.63) is 47.7 Å². The molecule has 0 saturated carbocycles. The van der Waals surface area contributed by atoms with Gasteiger partial charge in [-0.2, -0.15) is 0 Å². The number of anilines is 1. The van der Waals surface area contributed by atoms with Gasteiger partial charge in [0.2, 0.25) is 0 Å². The lowest BCUT2D eigenvalue weighted by atomic mass is 10.3. The van der Waals surface area contributed by atoms with Crippen LogP contribution in [-0.4, -0.2) is 21.8 Å². The smallest absolute Gasteiger partial charge is 0.406 e. The number of nitrogens with zero attached hydrogens (tertiary/aromatic N) is 2. The molecule has 0 fully saturated rings. The molecule has 2 aromatic heterocycles. The Hall–Kier alpha value is -2.95. The van der Waals surface area contributed by atoms with E-state index in [-0.39, 0.29) is 12.3 Å². The predicted molar refractivity (Wildman–Crippen MR) is 85.2 cm³/mol. The first-order valence-corrected chi connectivity index (χ1v) is 7.84. The molecule has 25 heavy (non-hydrogen) atoms. The number of carbonyl (C=O) groups is 1. The molecule has 1 aromatic carbocycles. The molecule has 132 valence electrons. The average Bonchev–Trinajstić information content (AvgIpc) is 3.12. The molecule has 0 aliphatic heterocycles. The molecule has 2 amide bonds. The quantitative estimate of drug-likeness (QED) is 0.602. The Balaban J connectivity index is 1.44. The van der Waals surface area contributed by atoms with E-state index < -0.39 is 12.4 Å². The van der Waals surface area contributed by atoms with Gasteiger partial charge in [0.05, 0.1) is 17.9 Å². The SMILES string of the molecule is O=C(NCc1cn2ccsc2n1)NNc1ccc(OC(F)(F)F)cc1. The Bertz CT molecular complexity index is 831. The number of hydrazine groups is 1. The van der Waals surface area contributed by atoms with Gasteiger partial charge in [-0.25, -0.2) is 9.78 Å². The second-order valence-corrected chi connectivity index (χ2v) is 5.70. The number of hydrogen-bond donors (Lipinski definition) is 3. The molecule has 7 nitrogen and oxygen atoms in total. The summed E-state index contributed by atoms with van der Waals surface area (Å²) >= 11 is 1.48. The third kappa shape index (κ3) is 4.76. The highest BCUT2D eigenvalue weighted by Crippen LogP contribution is 2.23. The van der Waals surface area contributed by atoms with Crippen molar-refractivity contribution in [1.29, 1.82) is 0 Å². The van der Waals surface area contributed by atoms with Gasteiger partial charge in [0.1, 0.15) is 5.75 Å². The molecule has 0 saturated heterocycles. The minimum Gasteiger partial charge on any atom is -0.406 e. The number of ether oxygens (including phenoxy) is 1. The monoisotopic (exact) mass is 371 g/mol. The van der Waals surface area contributed by atoms with E-state index >= 15 is 0 Å². The molecule has 0 aliphatic rings. The van der Waals surface area contributed by atoms with Gasteiger partial charge in [-0.15, -0.1) is 24.5 Å². The third-order valence-electron chi connectivity index (χ3n) is 2.98. The molecule has 0 atom stereocenters. The van der Waals surface area contributed by atoms with Crippen LogP contribution < -0.4 is 20.9 Å². The summed E-state index contributed by atoms with van der Waals surface area (Å²) in [6.07, 6.45) is -1.07. The first-order chi connectivity index (χ1) is 11.9. The first kappa shape index (κ1) is 16.9. The summed E-state index contributed by atoms with van der Waals surface area (Å²) in [5, 5.41) is 4.51. The Morgan fingerprint density at radius 2 is 2.04 bits per heavy atom. The summed E-state index contributed by atoms with van der Waals surface area (Å²) in [7, 11) is 0. The second kappa shape index (κ2) is 6.89. The fraction of sp³-hybridized carbons (Fsp3) is 0.143. The maximum Gasteiger partial charge on any atom is 0.573 e. The number of rotatable bonds is 5. The number of benzene rings is 1. The molecular weight excluding hydrogens is 359 g/mol. The van der Waals surface area contributed by atoms with Crippen LogP contribution in [0.4, 0.5) is 23.7 Å². The van der Waals surface area contributed by atoms with Crippen molar-refractivity contribution < 1.29 is 22.7 Å². The summed E-state index contributed by atoms with van der Waals surface area (Å²) in [5.41, 5.74) is 6.04. The van der Waals surface area contributed by atoms with Gasteiger partial charge in [0, 0.05) is 17.8 Å². The Labute approximate surface area is 143 Å². The highest BCUT2D eigenvalue weighted by molar-refractivity contribution is 7.15. The number of alkyl halides is 3. The van der Waals surface area contributed by atoms with Crippen LogP contribution >= 0.6 is 11.3 Å². The van der Waals surface area contributed by atoms with Gasteiger partial charge in [0.15, 0.2) is 4.96 Å². The molecular formula is C14H12F3N5O2S. The van der Waals surface area contributed by atoms with Crippen LogP contribution in [0, 0.1) is 0 Å². The standard InChI is InChI=1S/C14H12F3N5O2S/c15-14(16,17)24-11-3-1-9(2-4-11)20-21-12(23)18-7-10-8-22-5-6-25-13(22)19-10/h1-6,8,20H,7H2,(H2,18,21,23). The number of nitrogens with one attached hydrogen (secondary N) is 3. The fourth-order valence-corrected chi connectivity index (χ4v) is 2.66. The number of amides is 2. The van der Waals surface area contributed by atoms with E-state index in [0.717, 1.165) is 17.1 Å². The molecule has 0 radical (unpaired) electrons. The van der Waals surface area contributed by atoms with Crippen LogP contribution in [0.1, 0.15) is 5.69 Å². The van der Waals surface area contributed by atoms with E-state index in [4.69, 9.17) is 0 Å². The number of urea groups is 1. The molecule has 0 spiro atoms. The van der Waals surface area contributed by atoms with Gasteiger partial charge in [-0.3, -0.25) is 15.3 Å². The van der Waals surface area contributed by atoms with Crippen molar-refractivity contribution in [3.8, 4) is 5.75 Å². The maximum absolute atomic E-state index is 12.1. The summed E-state index contributed by atoms with van der Waals surface area (Å²) in [6.45, 7) is 0.236. The molecule has 0 aliphatic carbocycles. The molecule has 2 heterocycles. The lowest BCUT2D eigenvalue weighted by Crippen LogP contribution is -2.38. The van der Waals surface area contributed by atoms with Gasteiger partial charge >= 0.3 is 12.4 Å². The van der Waals surface area contributed by atoms with Crippen LogP contribution in [-0.2, 0) is 6.54 Å². The normalized spacial score (nSPS) is 11.3. The molecule has 0 unspecified atom stereocenters. The van der Waals surface area contributed by atoms with Crippen molar-refractivity contribution in [2.45, 2.75) is 12.9 Å². The van der Waals surface area contributed by atoms with E-state index in [1.54, 1.807) is 6.20 Å². The third-order valence-corrected chi connectivity index (χ3v) is 3.75. The minimum atomic E-state index is -4.74. The maximum atomic E-state index is 12.1. The van der Waals surface area contributed by atoms with Crippen molar-refractivity contribution >= 4 is 28.0 Å². The predicted octanol–water partition coefficient (Wildman–Crippen LogP) is 3.12. The number of fused-ring (bicyclic) bond motifs is 1. The lowest BCUT2D eigenvalue weighted by Gasteiger charge is -2.11. The molecule has 3 N–H and O–H groups in total. The highest BCUT2D eigenvalue weighted by Gasteiger charge is 2.30. The van der Waals surface area contributed by atoms with E-state index in [0.29, 0.717) is 11.4 Å². The van der Waals surface area contributed by atoms with Crippen LogP contribution in [0.5, 0.6) is 5.75 Å². The summed E-state index contributed by atoms with van der Waals surface area (Å²) in [5.74, 6) is -0.345. The number of imidazole rings is 1.